The minimum atomic E-state index is -1.20. The van der Waals surface area contributed by atoms with Gasteiger partial charge in [0, 0.05) is 0 Å². The lowest BCUT2D eigenvalue weighted by Gasteiger charge is -2.03. The van der Waals surface area contributed by atoms with Crippen molar-refractivity contribution in [2.24, 2.45) is 0 Å². The number of phenols is 1. The summed E-state index contributed by atoms with van der Waals surface area (Å²) in [5.41, 5.74) is 4.70. The van der Waals surface area contributed by atoms with Crippen LogP contribution in [0.25, 0.3) is 0 Å². The van der Waals surface area contributed by atoms with Gasteiger partial charge in [0.25, 0.3) is 0 Å². The number of aromatic hydroxyl groups is 1. The zero-order valence-electron chi connectivity index (χ0n) is 5.86. The maximum atomic E-state index is 12.5. The summed E-state index contributed by atoms with van der Waals surface area (Å²) in [5, 5.41) is 8.98. The van der Waals surface area contributed by atoms with Crippen LogP contribution in [0.5, 0.6) is 5.75 Å². The van der Waals surface area contributed by atoms with Crippen molar-refractivity contribution in [3.05, 3.63) is 23.3 Å². The van der Waals surface area contributed by atoms with Gasteiger partial charge in [-0.2, -0.15) is 0 Å². The first-order valence-corrected chi connectivity index (χ1v) is 2.97. The second kappa shape index (κ2) is 2.38. The van der Waals surface area contributed by atoms with Crippen LogP contribution in [0, 0.1) is 18.6 Å². The Morgan fingerprint density at radius 3 is 2.55 bits per heavy atom. The Morgan fingerprint density at radius 1 is 1.45 bits per heavy atom. The van der Waals surface area contributed by atoms with Crippen LogP contribution in [0.15, 0.2) is 6.07 Å². The van der Waals surface area contributed by atoms with Crippen molar-refractivity contribution in [1.82, 2.24) is 0 Å². The number of hydrogen-bond acceptors (Lipinski definition) is 2. The van der Waals surface area contributed by atoms with Gasteiger partial charge in [0.15, 0.2) is 11.6 Å². The van der Waals surface area contributed by atoms with Crippen LogP contribution in [0.2, 0.25) is 0 Å². The Hall–Kier alpha value is -1.32. The molecule has 0 saturated heterocycles. The Balaban J connectivity index is 3.46. The van der Waals surface area contributed by atoms with Crippen molar-refractivity contribution in [3.8, 4) is 5.75 Å². The number of anilines is 1. The van der Waals surface area contributed by atoms with Gasteiger partial charge in [0.1, 0.15) is 11.4 Å². The molecule has 1 aromatic carbocycles. The summed E-state index contributed by atoms with van der Waals surface area (Å²) in [6.07, 6.45) is 0. The molecule has 0 unspecified atom stereocenters. The third-order valence-electron chi connectivity index (χ3n) is 1.42. The second-order valence-electron chi connectivity index (χ2n) is 2.25. The first-order valence-electron chi connectivity index (χ1n) is 2.97. The summed E-state index contributed by atoms with van der Waals surface area (Å²) in [7, 11) is 0. The smallest absolute Gasteiger partial charge is 0.185 e. The molecule has 0 heterocycles. The molecule has 4 heteroatoms. The second-order valence-corrected chi connectivity index (χ2v) is 2.25. The quantitative estimate of drug-likeness (QED) is 0.445. The highest BCUT2D eigenvalue weighted by molar-refractivity contribution is 5.56. The Bertz CT molecular complexity index is 273. The maximum absolute atomic E-state index is 12.5. The zero-order valence-corrected chi connectivity index (χ0v) is 5.86. The summed E-state index contributed by atoms with van der Waals surface area (Å²) >= 11 is 0. The molecule has 0 spiro atoms. The summed E-state index contributed by atoms with van der Waals surface area (Å²) in [5.74, 6) is -2.64. The van der Waals surface area contributed by atoms with E-state index in [1.807, 2.05) is 0 Å². The van der Waals surface area contributed by atoms with Crippen molar-refractivity contribution < 1.29 is 13.9 Å². The SMILES string of the molecule is Cc1cc(F)c(F)c(N)c1O. The molecular formula is C7H7F2NO. The molecule has 11 heavy (non-hydrogen) atoms. The molecular weight excluding hydrogens is 152 g/mol. The minimum absolute atomic E-state index is 0.224. The van der Waals surface area contributed by atoms with E-state index in [4.69, 9.17) is 10.8 Å². The van der Waals surface area contributed by atoms with E-state index in [2.05, 4.69) is 0 Å². The van der Waals surface area contributed by atoms with E-state index in [1.54, 1.807) is 0 Å². The molecule has 2 nitrogen and oxygen atoms in total. The van der Waals surface area contributed by atoms with Gasteiger partial charge in [-0.3, -0.25) is 0 Å². The molecule has 1 aromatic rings. The average Bonchev–Trinajstić information content (AvgIpc) is 1.97. The van der Waals surface area contributed by atoms with Crippen molar-refractivity contribution in [2.75, 3.05) is 5.73 Å². The first kappa shape index (κ1) is 7.78. The summed E-state index contributed by atoms with van der Waals surface area (Å²) in [6.45, 7) is 1.44. The average molecular weight is 159 g/mol. The fourth-order valence-corrected chi connectivity index (χ4v) is 0.767. The van der Waals surface area contributed by atoms with Gasteiger partial charge >= 0.3 is 0 Å². The van der Waals surface area contributed by atoms with Crippen LogP contribution in [-0.4, -0.2) is 5.11 Å². The Labute approximate surface area is 62.3 Å². The van der Waals surface area contributed by atoms with Crippen LogP contribution >= 0.6 is 0 Å². The fraction of sp³-hybridized carbons (Fsp3) is 0.143. The highest BCUT2D eigenvalue weighted by atomic mass is 19.2. The van der Waals surface area contributed by atoms with Crippen molar-refractivity contribution >= 4 is 5.69 Å². The molecule has 3 N–H and O–H groups in total. The summed E-state index contributed by atoms with van der Waals surface area (Å²) in [6, 6.07) is 0.890. The molecule has 0 amide bonds. The molecule has 0 bridgehead atoms. The van der Waals surface area contributed by atoms with Crippen LogP contribution in [0.3, 0.4) is 0 Å². The van der Waals surface area contributed by atoms with Crippen LogP contribution in [-0.2, 0) is 0 Å². The van der Waals surface area contributed by atoms with E-state index >= 15 is 0 Å². The molecule has 0 atom stereocenters. The van der Waals surface area contributed by atoms with E-state index in [1.165, 1.54) is 6.92 Å². The highest BCUT2D eigenvalue weighted by Gasteiger charge is 2.12. The van der Waals surface area contributed by atoms with Crippen LogP contribution in [0.4, 0.5) is 14.5 Å². The predicted octanol–water partition coefficient (Wildman–Crippen LogP) is 1.56. The number of aryl methyl sites for hydroxylation is 1. The van der Waals surface area contributed by atoms with E-state index in [-0.39, 0.29) is 5.56 Å². The predicted molar refractivity (Wildman–Crippen MR) is 37.2 cm³/mol. The third kappa shape index (κ3) is 1.11. The molecule has 0 aliphatic carbocycles. The molecule has 60 valence electrons. The van der Waals surface area contributed by atoms with Crippen molar-refractivity contribution in [3.63, 3.8) is 0 Å². The lowest BCUT2D eigenvalue weighted by molar-refractivity contribution is 0.455. The Morgan fingerprint density at radius 2 is 2.00 bits per heavy atom. The molecule has 0 fully saturated rings. The monoisotopic (exact) mass is 159 g/mol. The maximum Gasteiger partial charge on any atom is 0.185 e. The normalized spacial score (nSPS) is 10.1. The van der Waals surface area contributed by atoms with Gasteiger partial charge < -0.3 is 10.8 Å². The summed E-state index contributed by atoms with van der Waals surface area (Å²) < 4.78 is 25.0. The van der Waals surface area contributed by atoms with E-state index in [0.717, 1.165) is 6.07 Å². The molecule has 0 aromatic heterocycles. The molecule has 0 saturated carbocycles. The van der Waals surface area contributed by atoms with E-state index in [0.29, 0.717) is 0 Å². The van der Waals surface area contributed by atoms with Gasteiger partial charge in [-0.1, -0.05) is 0 Å². The van der Waals surface area contributed by atoms with Crippen LogP contribution in [0.1, 0.15) is 5.56 Å². The van der Waals surface area contributed by atoms with Gasteiger partial charge in [0.05, 0.1) is 0 Å². The first-order chi connectivity index (χ1) is 5.04. The number of benzene rings is 1. The minimum Gasteiger partial charge on any atom is -0.505 e. The number of rotatable bonds is 0. The van der Waals surface area contributed by atoms with Gasteiger partial charge in [-0.15, -0.1) is 0 Å². The van der Waals surface area contributed by atoms with E-state index in [9.17, 15) is 8.78 Å². The molecule has 0 aliphatic heterocycles. The van der Waals surface area contributed by atoms with E-state index < -0.39 is 23.1 Å². The molecule has 1 rings (SSSR count). The lowest BCUT2D eigenvalue weighted by Crippen LogP contribution is -1.96. The number of phenolic OH excluding ortho intramolecular Hbond substituents is 1. The lowest BCUT2D eigenvalue weighted by atomic mass is 10.2. The Kier molecular flexibility index (Phi) is 1.68. The number of nitrogen functional groups attached to an aromatic ring is 1. The largest absolute Gasteiger partial charge is 0.505 e. The fourth-order valence-electron chi connectivity index (χ4n) is 0.767. The molecule has 0 radical (unpaired) electrons. The summed E-state index contributed by atoms with van der Waals surface area (Å²) in [4.78, 5) is 0. The number of halogens is 2. The van der Waals surface area contributed by atoms with Gasteiger partial charge in [-0.05, 0) is 18.6 Å². The highest BCUT2D eigenvalue weighted by Crippen LogP contribution is 2.28. The third-order valence-corrected chi connectivity index (χ3v) is 1.42. The zero-order chi connectivity index (χ0) is 8.59. The number of nitrogens with two attached hydrogens (primary N) is 1. The molecule has 0 aliphatic rings. The number of hydrogen-bond donors (Lipinski definition) is 2. The standard InChI is InChI=1S/C7H7F2NO/c1-3-2-4(8)5(9)6(10)7(3)11/h2,11H,10H2,1H3. The van der Waals surface area contributed by atoms with Crippen LogP contribution < -0.4 is 5.73 Å². The van der Waals surface area contributed by atoms with Crippen molar-refractivity contribution in [1.29, 1.82) is 0 Å². The van der Waals surface area contributed by atoms with Gasteiger partial charge in [0.2, 0.25) is 0 Å². The van der Waals surface area contributed by atoms with Gasteiger partial charge in [-0.25, -0.2) is 8.78 Å². The topological polar surface area (TPSA) is 46.2 Å². The van der Waals surface area contributed by atoms with Crippen molar-refractivity contribution in [2.45, 2.75) is 6.92 Å².